The lowest BCUT2D eigenvalue weighted by Gasteiger charge is -2.50. The van der Waals surface area contributed by atoms with Crippen molar-refractivity contribution in [1.82, 2.24) is 0 Å². The van der Waals surface area contributed by atoms with Gasteiger partial charge in [-0.3, -0.25) is 0 Å². The number of fused-ring (bicyclic) bond motifs is 1. The topological polar surface area (TPSA) is 66.4 Å². The van der Waals surface area contributed by atoms with Crippen molar-refractivity contribution in [3.63, 3.8) is 0 Å². The van der Waals surface area contributed by atoms with Crippen molar-refractivity contribution in [2.75, 3.05) is 6.61 Å². The summed E-state index contributed by atoms with van der Waals surface area (Å²) in [5, 5.41) is 16.6. The largest absolute Gasteiger partial charge is 0.374 e. The van der Waals surface area contributed by atoms with Crippen LogP contribution < -0.4 is 0 Å². The van der Waals surface area contributed by atoms with Crippen LogP contribution in [0.4, 0.5) is 0 Å². The molecule has 1 saturated heterocycles. The fourth-order valence-electron chi connectivity index (χ4n) is 7.51. The highest BCUT2D eigenvalue weighted by atomic mass is 32.1. The third-order valence-electron chi connectivity index (χ3n) is 10.5. The Kier molecular flexibility index (Phi) is 13.0. The minimum absolute atomic E-state index is 0.149. The summed E-state index contributed by atoms with van der Waals surface area (Å²) in [6.45, 7) is 1.34. The van der Waals surface area contributed by atoms with E-state index in [4.69, 9.17) is 23.7 Å². The van der Waals surface area contributed by atoms with Crippen LogP contribution in [-0.2, 0) is 68.7 Å². The molecule has 1 fully saturated rings. The van der Waals surface area contributed by atoms with E-state index in [1.165, 1.54) is 11.1 Å². The second-order valence-corrected chi connectivity index (χ2v) is 15.5. The molecule has 0 radical (unpaired) electrons. The van der Waals surface area contributed by atoms with Crippen molar-refractivity contribution in [3.8, 4) is 0 Å². The van der Waals surface area contributed by atoms with Crippen LogP contribution in [0.2, 0.25) is 0 Å². The number of rotatable bonds is 17. The molecule has 1 aromatic heterocycles. The van der Waals surface area contributed by atoms with Gasteiger partial charge in [-0.05, 0) is 69.1 Å². The molecule has 7 heteroatoms. The second-order valence-electron chi connectivity index (χ2n) is 14.6. The molecular formula is C50H48O6S. The molecule has 1 aliphatic rings. The number of hydrogen-bond acceptors (Lipinski definition) is 7. The van der Waals surface area contributed by atoms with Crippen LogP contribution in [0.15, 0.2) is 175 Å². The van der Waals surface area contributed by atoms with Crippen LogP contribution in [0.3, 0.4) is 0 Å². The third-order valence-corrected chi connectivity index (χ3v) is 11.5. The Morgan fingerprint density at radius 2 is 1.02 bits per heavy atom. The van der Waals surface area contributed by atoms with Gasteiger partial charge in [-0.15, -0.1) is 11.3 Å². The minimum atomic E-state index is -1.93. The summed E-state index contributed by atoms with van der Waals surface area (Å²) < 4.78 is 35.1. The first-order valence-corrected chi connectivity index (χ1v) is 20.5. The molecule has 290 valence electrons. The molecule has 1 aliphatic heterocycles. The molecule has 0 saturated carbocycles. The molecule has 2 heterocycles. The van der Waals surface area contributed by atoms with Gasteiger partial charge in [0.1, 0.15) is 24.4 Å². The van der Waals surface area contributed by atoms with Gasteiger partial charge < -0.3 is 28.8 Å². The van der Waals surface area contributed by atoms with E-state index >= 15 is 0 Å². The number of aryl methyl sites for hydroxylation is 2. The van der Waals surface area contributed by atoms with Gasteiger partial charge in [0.25, 0.3) is 0 Å². The Labute approximate surface area is 339 Å². The maximum absolute atomic E-state index is 13.3. The van der Waals surface area contributed by atoms with Gasteiger partial charge in [-0.25, -0.2) is 0 Å². The zero-order chi connectivity index (χ0) is 38.7. The Balaban J connectivity index is 1.18. The summed E-state index contributed by atoms with van der Waals surface area (Å²) in [5.41, 5.74) is 7.12. The predicted molar refractivity (Wildman–Crippen MR) is 226 cm³/mol. The molecule has 0 aliphatic carbocycles. The highest BCUT2D eigenvalue weighted by Crippen LogP contribution is 2.43. The van der Waals surface area contributed by atoms with E-state index in [0.29, 0.717) is 18.8 Å². The van der Waals surface area contributed by atoms with Crippen LogP contribution in [0.1, 0.15) is 38.9 Å². The Hall–Kier alpha value is -4.96. The Bertz CT molecular complexity index is 2250. The number of hydrogen-bond donors (Lipinski definition) is 1. The molecule has 7 aromatic rings. The molecule has 8 rings (SSSR count). The first-order valence-electron chi connectivity index (χ1n) is 19.7. The van der Waals surface area contributed by atoms with E-state index in [-0.39, 0.29) is 19.8 Å². The Morgan fingerprint density at radius 3 is 1.58 bits per heavy atom. The fourth-order valence-corrected chi connectivity index (χ4v) is 8.49. The normalized spacial score (nSPS) is 20.8. The molecule has 5 atom stereocenters. The monoisotopic (exact) mass is 776 g/mol. The summed E-state index contributed by atoms with van der Waals surface area (Å²) >= 11 is 1.71. The lowest BCUT2D eigenvalue weighted by Crippen LogP contribution is -2.65. The number of ether oxygens (including phenoxy) is 5. The highest BCUT2D eigenvalue weighted by Gasteiger charge is 2.57. The average molecular weight is 777 g/mol. The summed E-state index contributed by atoms with van der Waals surface area (Å²) in [6, 6.07) is 56.8. The van der Waals surface area contributed by atoms with Crippen molar-refractivity contribution in [1.29, 1.82) is 0 Å². The lowest BCUT2D eigenvalue weighted by atomic mass is 9.86. The standard InChI is InChI=1S/C50H48O6S/c51-50(43-28-29-46-44(30-43)42(36-57-46)27-26-37-16-6-1-7-17-37)49(55-34-41-24-14-5-15-25-41)48(54-33-40-22-12-4-13-23-40)47(53-32-39-20-10-3-11-21-39)45(56-50)35-52-31-38-18-8-2-9-19-38/h1-25,28-30,36,45,47-49,51H,26-27,31-35H2/t45-,47-,48+,49-,50+/m1/s1. The zero-order valence-corrected chi connectivity index (χ0v) is 32.7. The van der Waals surface area contributed by atoms with Crippen LogP contribution in [0, 0.1) is 0 Å². The smallest absolute Gasteiger partial charge is 0.222 e. The summed E-state index contributed by atoms with van der Waals surface area (Å²) in [6.07, 6.45) is -1.37. The van der Waals surface area contributed by atoms with Crippen LogP contribution >= 0.6 is 11.3 Å². The predicted octanol–water partition coefficient (Wildman–Crippen LogP) is 10.2. The molecule has 57 heavy (non-hydrogen) atoms. The lowest BCUT2D eigenvalue weighted by molar-refractivity contribution is -0.378. The molecule has 1 N–H and O–H groups in total. The van der Waals surface area contributed by atoms with Crippen LogP contribution in [-0.4, -0.2) is 36.1 Å². The van der Waals surface area contributed by atoms with E-state index in [1.54, 1.807) is 11.3 Å². The molecule has 0 spiro atoms. The van der Waals surface area contributed by atoms with Crippen molar-refractivity contribution in [3.05, 3.63) is 214 Å². The van der Waals surface area contributed by atoms with Gasteiger partial charge in [0.15, 0.2) is 0 Å². The van der Waals surface area contributed by atoms with Crippen LogP contribution in [0.5, 0.6) is 0 Å². The van der Waals surface area contributed by atoms with E-state index < -0.39 is 30.2 Å². The van der Waals surface area contributed by atoms with Crippen molar-refractivity contribution >= 4 is 21.4 Å². The first kappa shape index (κ1) is 38.9. The maximum Gasteiger partial charge on any atom is 0.222 e. The SMILES string of the molecule is O[C@@]1(c2ccc3scc(CCc4ccccc4)c3c2)O[C@H](COCc2ccccc2)[C@@H](OCc2ccccc2)[C@H](OCc2ccccc2)[C@H]1OCc1ccccc1. The van der Waals surface area contributed by atoms with Gasteiger partial charge >= 0.3 is 0 Å². The number of aliphatic hydroxyl groups is 1. The summed E-state index contributed by atoms with van der Waals surface area (Å²) in [7, 11) is 0. The van der Waals surface area contributed by atoms with Crippen molar-refractivity contribution in [2.45, 2.75) is 69.5 Å². The molecule has 0 bridgehead atoms. The van der Waals surface area contributed by atoms with Gasteiger partial charge in [0, 0.05) is 10.3 Å². The zero-order valence-electron chi connectivity index (χ0n) is 31.9. The molecule has 6 aromatic carbocycles. The minimum Gasteiger partial charge on any atom is -0.374 e. The quantitative estimate of drug-likeness (QED) is 0.0994. The number of thiophene rings is 1. The maximum atomic E-state index is 13.3. The molecular weight excluding hydrogens is 729 g/mol. The van der Waals surface area contributed by atoms with E-state index in [2.05, 4.69) is 41.8 Å². The van der Waals surface area contributed by atoms with Gasteiger partial charge in [0.05, 0.1) is 33.0 Å². The second kappa shape index (κ2) is 19.0. The molecule has 6 nitrogen and oxygen atoms in total. The van der Waals surface area contributed by atoms with E-state index in [9.17, 15) is 5.11 Å². The first-order chi connectivity index (χ1) is 28.1. The van der Waals surface area contributed by atoms with Crippen LogP contribution in [0.25, 0.3) is 10.1 Å². The van der Waals surface area contributed by atoms with Gasteiger partial charge in [0.2, 0.25) is 5.79 Å². The summed E-state index contributed by atoms with van der Waals surface area (Å²) in [5.74, 6) is -1.93. The van der Waals surface area contributed by atoms with E-state index in [1.807, 2.05) is 133 Å². The van der Waals surface area contributed by atoms with Gasteiger partial charge in [-0.2, -0.15) is 0 Å². The van der Waals surface area contributed by atoms with Crippen molar-refractivity contribution < 1.29 is 28.8 Å². The van der Waals surface area contributed by atoms with E-state index in [0.717, 1.165) is 45.2 Å². The Morgan fingerprint density at radius 1 is 0.526 bits per heavy atom. The highest BCUT2D eigenvalue weighted by molar-refractivity contribution is 7.17. The number of benzene rings is 6. The molecule has 0 amide bonds. The average Bonchev–Trinajstić information content (AvgIpc) is 3.68. The van der Waals surface area contributed by atoms with Crippen molar-refractivity contribution in [2.24, 2.45) is 0 Å². The third kappa shape index (κ3) is 9.78. The van der Waals surface area contributed by atoms with Gasteiger partial charge in [-0.1, -0.05) is 158 Å². The fraction of sp³-hybridized carbons (Fsp3) is 0.240. The summed E-state index contributed by atoms with van der Waals surface area (Å²) in [4.78, 5) is 0. The molecule has 0 unspecified atom stereocenters.